The van der Waals surface area contributed by atoms with Crippen LogP contribution in [0.5, 0.6) is 0 Å². The van der Waals surface area contributed by atoms with E-state index in [1.807, 2.05) is 48.2 Å². The zero-order valence-electron chi connectivity index (χ0n) is 13.5. The summed E-state index contributed by atoms with van der Waals surface area (Å²) in [4.78, 5) is 18.3. The van der Waals surface area contributed by atoms with Crippen LogP contribution in [0.3, 0.4) is 0 Å². The largest absolute Gasteiger partial charge is 0.339 e. The Morgan fingerprint density at radius 2 is 1.92 bits per heavy atom. The molecule has 3 heterocycles. The summed E-state index contributed by atoms with van der Waals surface area (Å²) in [5.74, 6) is 0.0810. The van der Waals surface area contributed by atoms with E-state index in [1.165, 1.54) is 0 Å². The Morgan fingerprint density at radius 1 is 1.21 bits per heavy atom. The molecule has 1 saturated heterocycles. The number of rotatable bonds is 1. The normalized spacial score (nSPS) is 13.7. The molecule has 1 N–H and O–H groups in total. The first-order valence-corrected chi connectivity index (χ1v) is 8.33. The van der Waals surface area contributed by atoms with Crippen LogP contribution in [-0.2, 0) is 0 Å². The smallest absolute Gasteiger partial charge is 0.255 e. The number of hydrogen-bond acceptors (Lipinski definition) is 3. The van der Waals surface area contributed by atoms with Gasteiger partial charge in [-0.3, -0.25) is 9.89 Å². The van der Waals surface area contributed by atoms with Crippen molar-refractivity contribution >= 4 is 28.5 Å². The first kappa shape index (κ1) is 16.5. The highest BCUT2D eigenvalue weighted by molar-refractivity contribution is 6.30. The summed E-state index contributed by atoms with van der Waals surface area (Å²) in [6, 6.07) is 11.3. The number of amides is 1. The molecule has 3 aromatic rings. The lowest BCUT2D eigenvalue weighted by Gasteiger charge is -2.14. The SMILES string of the molecule is Cc1[nH]nc2ncc(C(=O)N3CCCC3)cc12.Clc1ccccc1. The lowest BCUT2D eigenvalue weighted by Crippen LogP contribution is -2.27. The van der Waals surface area contributed by atoms with Crippen molar-refractivity contribution in [3.63, 3.8) is 0 Å². The van der Waals surface area contributed by atoms with E-state index in [-0.39, 0.29) is 5.91 Å². The van der Waals surface area contributed by atoms with E-state index in [0.717, 1.165) is 42.0 Å². The Balaban J connectivity index is 0.000000203. The van der Waals surface area contributed by atoms with Crippen LogP contribution >= 0.6 is 11.6 Å². The van der Waals surface area contributed by atoms with Gasteiger partial charge in [-0.1, -0.05) is 29.8 Å². The van der Waals surface area contributed by atoms with Crippen molar-refractivity contribution in [2.75, 3.05) is 13.1 Å². The van der Waals surface area contributed by atoms with Gasteiger partial charge in [0.25, 0.3) is 5.91 Å². The summed E-state index contributed by atoms with van der Waals surface area (Å²) in [6.45, 7) is 3.66. The third-order valence-electron chi connectivity index (χ3n) is 3.97. The molecule has 2 aromatic heterocycles. The monoisotopic (exact) mass is 342 g/mol. The summed E-state index contributed by atoms with van der Waals surface area (Å²) < 4.78 is 0. The second kappa shape index (κ2) is 7.45. The molecule has 5 nitrogen and oxygen atoms in total. The lowest BCUT2D eigenvalue weighted by molar-refractivity contribution is 0.0792. The Morgan fingerprint density at radius 3 is 2.54 bits per heavy atom. The van der Waals surface area contributed by atoms with Crippen LogP contribution in [0.25, 0.3) is 11.0 Å². The number of H-pyrrole nitrogens is 1. The van der Waals surface area contributed by atoms with Crippen LogP contribution in [0.1, 0.15) is 28.9 Å². The number of aromatic amines is 1. The number of carbonyl (C=O) groups is 1. The molecule has 1 aromatic carbocycles. The van der Waals surface area contributed by atoms with Crippen LogP contribution in [0.15, 0.2) is 42.6 Å². The predicted molar refractivity (Wildman–Crippen MR) is 95.2 cm³/mol. The van der Waals surface area contributed by atoms with Gasteiger partial charge in [0.15, 0.2) is 5.65 Å². The topological polar surface area (TPSA) is 61.9 Å². The third kappa shape index (κ3) is 3.74. The number of aryl methyl sites for hydroxylation is 1. The van der Waals surface area contributed by atoms with Gasteiger partial charge in [-0.25, -0.2) is 4.98 Å². The van der Waals surface area contributed by atoms with Gasteiger partial charge in [-0.05, 0) is 38.0 Å². The highest BCUT2D eigenvalue weighted by atomic mass is 35.5. The molecule has 24 heavy (non-hydrogen) atoms. The number of pyridine rings is 1. The Kier molecular flexibility index (Phi) is 5.11. The van der Waals surface area contributed by atoms with E-state index in [1.54, 1.807) is 6.20 Å². The highest BCUT2D eigenvalue weighted by Gasteiger charge is 2.20. The van der Waals surface area contributed by atoms with Gasteiger partial charge in [0, 0.05) is 35.4 Å². The van der Waals surface area contributed by atoms with Crippen molar-refractivity contribution in [1.82, 2.24) is 20.1 Å². The highest BCUT2D eigenvalue weighted by Crippen LogP contribution is 2.17. The molecule has 0 unspecified atom stereocenters. The van der Waals surface area contributed by atoms with E-state index >= 15 is 0 Å². The first-order valence-electron chi connectivity index (χ1n) is 7.95. The minimum atomic E-state index is 0.0810. The zero-order valence-corrected chi connectivity index (χ0v) is 14.3. The van der Waals surface area contributed by atoms with Crippen LogP contribution in [0, 0.1) is 6.92 Å². The van der Waals surface area contributed by atoms with Crippen molar-refractivity contribution < 1.29 is 4.79 Å². The molecule has 0 aliphatic carbocycles. The number of fused-ring (bicyclic) bond motifs is 1. The molecule has 0 spiro atoms. The number of likely N-dealkylation sites (tertiary alicyclic amines) is 1. The van der Waals surface area contributed by atoms with Gasteiger partial charge in [0.1, 0.15) is 0 Å². The number of carbonyl (C=O) groups excluding carboxylic acids is 1. The average Bonchev–Trinajstić information content (AvgIpc) is 3.26. The fraction of sp³-hybridized carbons (Fsp3) is 0.278. The average molecular weight is 343 g/mol. The number of hydrogen-bond donors (Lipinski definition) is 1. The minimum Gasteiger partial charge on any atom is -0.339 e. The summed E-state index contributed by atoms with van der Waals surface area (Å²) in [7, 11) is 0. The number of benzene rings is 1. The maximum atomic E-state index is 12.2. The Hall–Kier alpha value is -2.40. The van der Waals surface area contributed by atoms with Crippen molar-refractivity contribution in [1.29, 1.82) is 0 Å². The van der Waals surface area contributed by atoms with Crippen molar-refractivity contribution in [2.45, 2.75) is 19.8 Å². The van der Waals surface area contributed by atoms with Gasteiger partial charge in [0.2, 0.25) is 0 Å². The van der Waals surface area contributed by atoms with E-state index in [0.29, 0.717) is 11.2 Å². The number of nitrogens with zero attached hydrogens (tertiary/aromatic N) is 3. The van der Waals surface area contributed by atoms with Gasteiger partial charge >= 0.3 is 0 Å². The van der Waals surface area contributed by atoms with E-state index in [4.69, 9.17) is 11.6 Å². The van der Waals surface area contributed by atoms with Crippen molar-refractivity contribution in [2.24, 2.45) is 0 Å². The second-order valence-electron chi connectivity index (χ2n) is 5.74. The molecule has 0 saturated carbocycles. The van der Waals surface area contributed by atoms with E-state index in [9.17, 15) is 4.79 Å². The van der Waals surface area contributed by atoms with Crippen molar-refractivity contribution in [3.8, 4) is 0 Å². The van der Waals surface area contributed by atoms with Gasteiger partial charge in [0.05, 0.1) is 5.56 Å². The molecule has 0 radical (unpaired) electrons. The second-order valence-corrected chi connectivity index (χ2v) is 6.18. The van der Waals surface area contributed by atoms with E-state index < -0.39 is 0 Å². The first-order chi connectivity index (χ1) is 11.6. The molecular formula is C18H19ClN4O. The number of halogens is 1. The fourth-order valence-electron chi connectivity index (χ4n) is 2.65. The molecule has 4 rings (SSSR count). The maximum Gasteiger partial charge on any atom is 0.255 e. The molecular weight excluding hydrogens is 324 g/mol. The molecule has 0 atom stereocenters. The maximum absolute atomic E-state index is 12.2. The van der Waals surface area contributed by atoms with Crippen molar-refractivity contribution in [3.05, 3.63) is 58.9 Å². The quantitative estimate of drug-likeness (QED) is 0.730. The molecule has 124 valence electrons. The fourth-order valence-corrected chi connectivity index (χ4v) is 2.80. The third-order valence-corrected chi connectivity index (χ3v) is 4.23. The Labute approximate surface area is 145 Å². The van der Waals surface area contributed by atoms with Gasteiger partial charge < -0.3 is 4.90 Å². The number of aromatic nitrogens is 3. The molecule has 0 bridgehead atoms. The van der Waals surface area contributed by atoms with Crippen LogP contribution < -0.4 is 0 Å². The zero-order chi connectivity index (χ0) is 16.9. The van der Waals surface area contributed by atoms with Crippen LogP contribution in [0.4, 0.5) is 0 Å². The van der Waals surface area contributed by atoms with Crippen LogP contribution in [0.2, 0.25) is 5.02 Å². The molecule has 1 amide bonds. The summed E-state index contributed by atoms with van der Waals surface area (Å²) in [5, 5.41) is 8.65. The summed E-state index contributed by atoms with van der Waals surface area (Å²) in [6.07, 6.45) is 3.82. The summed E-state index contributed by atoms with van der Waals surface area (Å²) in [5.41, 5.74) is 2.27. The summed E-state index contributed by atoms with van der Waals surface area (Å²) >= 11 is 5.54. The van der Waals surface area contributed by atoms with E-state index in [2.05, 4.69) is 15.2 Å². The number of nitrogens with one attached hydrogen (secondary N) is 1. The lowest BCUT2D eigenvalue weighted by atomic mass is 10.2. The standard InChI is InChI=1S/C12H14N4O.C6H5Cl/c1-8-10-6-9(7-13-11(10)15-14-8)12(17)16-4-2-3-5-16;7-6-4-2-1-3-5-6/h6-7H,2-5H2,1H3,(H,13,14,15);1-5H. The minimum absolute atomic E-state index is 0.0810. The molecule has 1 aliphatic heterocycles. The molecule has 6 heteroatoms. The Bertz CT molecular complexity index is 825. The predicted octanol–water partition coefficient (Wildman–Crippen LogP) is 3.84. The molecule has 1 fully saturated rings. The van der Waals surface area contributed by atoms with Gasteiger partial charge in [-0.15, -0.1) is 0 Å². The molecule has 1 aliphatic rings. The van der Waals surface area contributed by atoms with Crippen LogP contribution in [-0.4, -0.2) is 39.1 Å². The van der Waals surface area contributed by atoms with Gasteiger partial charge in [-0.2, -0.15) is 5.10 Å².